The summed E-state index contributed by atoms with van der Waals surface area (Å²) in [5.41, 5.74) is 0.504. The van der Waals surface area contributed by atoms with Gasteiger partial charge in [-0.15, -0.1) is 6.58 Å². The van der Waals surface area contributed by atoms with Crippen molar-refractivity contribution < 1.29 is 18.6 Å². The molecule has 0 aliphatic heterocycles. The van der Waals surface area contributed by atoms with Crippen LogP contribution in [0.25, 0.3) is 0 Å². The Hall–Kier alpha value is -0.730. The molecule has 0 heterocycles. The van der Waals surface area contributed by atoms with Crippen LogP contribution < -0.4 is 0 Å². The molecule has 0 aliphatic rings. The van der Waals surface area contributed by atoms with Gasteiger partial charge < -0.3 is 10.2 Å². The monoisotopic (exact) mass is 349 g/mol. The van der Waals surface area contributed by atoms with Gasteiger partial charge in [-0.1, -0.05) is 12.1 Å². The molecule has 5 nitrogen and oxygen atoms in total. The molecule has 1 rings (SSSR count). The van der Waals surface area contributed by atoms with Crippen LogP contribution in [0.3, 0.4) is 0 Å². The summed E-state index contributed by atoms with van der Waals surface area (Å²) in [6, 6.07) is 4.61. The lowest BCUT2D eigenvalue weighted by molar-refractivity contribution is 0.260. The molecule has 0 unspecified atom stereocenters. The highest BCUT2D eigenvalue weighted by Gasteiger charge is 2.25. The van der Waals surface area contributed by atoms with Gasteiger partial charge in [-0.25, -0.2) is 8.42 Å². The Labute approximate surface area is 121 Å². The standard InChI is InChI=1S/C12H16BrNO4S/c1-2-5-14(6-7-15)19(17,18)12-8-10(9-16)3-4-11(12)13/h2-4,8,15-16H,1,5-7,9H2. The van der Waals surface area contributed by atoms with Gasteiger partial charge in [0.2, 0.25) is 10.0 Å². The Bertz CT molecular complexity index is 545. The van der Waals surface area contributed by atoms with Crippen LogP contribution in [0.2, 0.25) is 0 Å². The number of hydrogen-bond acceptors (Lipinski definition) is 4. The Kier molecular flexibility index (Phi) is 6.15. The van der Waals surface area contributed by atoms with E-state index in [0.717, 1.165) is 4.31 Å². The van der Waals surface area contributed by atoms with E-state index in [4.69, 9.17) is 10.2 Å². The number of rotatable bonds is 7. The molecule has 19 heavy (non-hydrogen) atoms. The van der Waals surface area contributed by atoms with E-state index in [2.05, 4.69) is 22.5 Å². The molecular weight excluding hydrogens is 334 g/mol. The molecule has 106 valence electrons. The largest absolute Gasteiger partial charge is 0.395 e. The van der Waals surface area contributed by atoms with E-state index in [9.17, 15) is 8.42 Å². The van der Waals surface area contributed by atoms with Crippen LogP contribution >= 0.6 is 15.9 Å². The number of halogens is 1. The average molecular weight is 350 g/mol. The second-order valence-electron chi connectivity index (χ2n) is 3.80. The van der Waals surface area contributed by atoms with Crippen molar-refractivity contribution >= 4 is 26.0 Å². The fourth-order valence-corrected chi connectivity index (χ4v) is 3.92. The van der Waals surface area contributed by atoms with Crippen molar-refractivity contribution in [1.82, 2.24) is 4.31 Å². The molecule has 0 aliphatic carbocycles. The summed E-state index contributed by atoms with van der Waals surface area (Å²) in [6.45, 7) is 3.09. The van der Waals surface area contributed by atoms with Gasteiger partial charge in [0.1, 0.15) is 0 Å². The Morgan fingerprint density at radius 2 is 2.05 bits per heavy atom. The van der Waals surface area contributed by atoms with Crippen LogP contribution in [0, 0.1) is 0 Å². The number of sulfonamides is 1. The summed E-state index contributed by atoms with van der Waals surface area (Å²) in [7, 11) is -3.74. The molecule has 0 fully saturated rings. The first kappa shape index (κ1) is 16.3. The number of aliphatic hydroxyl groups excluding tert-OH is 2. The molecule has 1 aromatic carbocycles. The molecular formula is C12H16BrNO4S. The number of hydrogen-bond donors (Lipinski definition) is 2. The van der Waals surface area contributed by atoms with E-state index in [1.54, 1.807) is 12.1 Å². The Balaban J connectivity index is 3.27. The predicted molar refractivity (Wildman–Crippen MR) is 76.1 cm³/mol. The topological polar surface area (TPSA) is 77.8 Å². The highest BCUT2D eigenvalue weighted by atomic mass is 79.9. The van der Waals surface area contributed by atoms with Crippen LogP contribution in [-0.4, -0.2) is 42.6 Å². The molecule has 7 heteroatoms. The number of benzene rings is 1. The molecule has 0 saturated heterocycles. The summed E-state index contributed by atoms with van der Waals surface area (Å²) >= 11 is 3.19. The predicted octanol–water partition coefficient (Wildman–Crippen LogP) is 1.11. The van der Waals surface area contributed by atoms with Gasteiger partial charge in [-0.3, -0.25) is 0 Å². The summed E-state index contributed by atoms with van der Waals surface area (Å²) < 4.78 is 26.5. The van der Waals surface area contributed by atoms with E-state index < -0.39 is 10.0 Å². The lowest BCUT2D eigenvalue weighted by Gasteiger charge is -2.20. The van der Waals surface area contributed by atoms with Gasteiger partial charge in [0.25, 0.3) is 0 Å². The fraction of sp³-hybridized carbons (Fsp3) is 0.333. The van der Waals surface area contributed by atoms with Crippen molar-refractivity contribution in [1.29, 1.82) is 0 Å². The third-order valence-corrected chi connectivity index (χ3v) is 5.34. The quantitative estimate of drug-likeness (QED) is 0.723. The van der Waals surface area contributed by atoms with Crippen molar-refractivity contribution in [2.75, 3.05) is 19.7 Å². The second kappa shape index (κ2) is 7.16. The Morgan fingerprint density at radius 1 is 1.37 bits per heavy atom. The summed E-state index contributed by atoms with van der Waals surface area (Å²) in [4.78, 5) is 0.0642. The first-order valence-corrected chi connectivity index (χ1v) is 7.82. The SMILES string of the molecule is C=CCN(CCO)S(=O)(=O)c1cc(CO)ccc1Br. The summed E-state index contributed by atoms with van der Waals surface area (Å²) in [5, 5.41) is 18.0. The second-order valence-corrected chi connectivity index (χ2v) is 6.56. The zero-order valence-electron chi connectivity index (χ0n) is 10.3. The molecule has 0 spiro atoms. The highest BCUT2D eigenvalue weighted by Crippen LogP contribution is 2.26. The molecule has 0 radical (unpaired) electrons. The van der Waals surface area contributed by atoms with Crippen molar-refractivity contribution in [3.63, 3.8) is 0 Å². The molecule has 0 aromatic heterocycles. The minimum absolute atomic E-state index is 0.00978. The molecule has 0 atom stereocenters. The van der Waals surface area contributed by atoms with E-state index in [1.165, 1.54) is 12.1 Å². The third kappa shape index (κ3) is 3.87. The smallest absolute Gasteiger partial charge is 0.244 e. The average Bonchev–Trinajstić information content (AvgIpc) is 2.39. The van der Waals surface area contributed by atoms with Crippen molar-refractivity contribution in [3.05, 3.63) is 40.9 Å². The van der Waals surface area contributed by atoms with Crippen molar-refractivity contribution in [2.45, 2.75) is 11.5 Å². The van der Waals surface area contributed by atoms with Crippen LogP contribution in [0.5, 0.6) is 0 Å². The minimum atomic E-state index is -3.74. The molecule has 1 aromatic rings. The van der Waals surface area contributed by atoms with Gasteiger partial charge >= 0.3 is 0 Å². The van der Waals surface area contributed by atoms with Gasteiger partial charge in [0.05, 0.1) is 18.1 Å². The van der Waals surface area contributed by atoms with Crippen LogP contribution in [0.15, 0.2) is 40.2 Å². The first-order valence-electron chi connectivity index (χ1n) is 5.58. The zero-order valence-corrected chi connectivity index (χ0v) is 12.7. The fourth-order valence-electron chi connectivity index (χ4n) is 1.55. The molecule has 0 amide bonds. The summed E-state index contributed by atoms with van der Waals surface area (Å²) in [5.74, 6) is 0. The van der Waals surface area contributed by atoms with Crippen LogP contribution in [0.4, 0.5) is 0 Å². The van der Waals surface area contributed by atoms with Gasteiger partial charge in [-0.05, 0) is 33.6 Å². The number of aliphatic hydroxyl groups is 2. The van der Waals surface area contributed by atoms with Crippen LogP contribution in [-0.2, 0) is 16.6 Å². The van der Waals surface area contributed by atoms with Gasteiger partial charge in [0, 0.05) is 17.6 Å². The maximum Gasteiger partial charge on any atom is 0.244 e. The van der Waals surface area contributed by atoms with Crippen LogP contribution in [0.1, 0.15) is 5.56 Å². The maximum atomic E-state index is 12.5. The van der Waals surface area contributed by atoms with Gasteiger partial charge in [-0.2, -0.15) is 4.31 Å². The minimum Gasteiger partial charge on any atom is -0.395 e. The van der Waals surface area contributed by atoms with E-state index in [1.807, 2.05) is 0 Å². The molecule has 2 N–H and O–H groups in total. The van der Waals surface area contributed by atoms with E-state index >= 15 is 0 Å². The van der Waals surface area contributed by atoms with E-state index in [-0.39, 0.29) is 31.2 Å². The normalized spacial score (nSPS) is 11.8. The van der Waals surface area contributed by atoms with Crippen molar-refractivity contribution in [2.24, 2.45) is 0 Å². The summed E-state index contributed by atoms with van der Waals surface area (Å²) in [6.07, 6.45) is 1.46. The lowest BCUT2D eigenvalue weighted by Crippen LogP contribution is -2.34. The molecule has 0 saturated carbocycles. The Morgan fingerprint density at radius 3 is 2.58 bits per heavy atom. The highest BCUT2D eigenvalue weighted by molar-refractivity contribution is 9.10. The third-order valence-electron chi connectivity index (χ3n) is 2.48. The maximum absolute atomic E-state index is 12.5. The number of nitrogens with zero attached hydrogens (tertiary/aromatic N) is 1. The molecule has 0 bridgehead atoms. The first-order chi connectivity index (χ1) is 8.97. The zero-order chi connectivity index (χ0) is 14.5. The lowest BCUT2D eigenvalue weighted by atomic mass is 10.2. The van der Waals surface area contributed by atoms with E-state index in [0.29, 0.717) is 10.0 Å². The van der Waals surface area contributed by atoms with Crippen molar-refractivity contribution in [3.8, 4) is 0 Å². The van der Waals surface area contributed by atoms with Gasteiger partial charge in [0.15, 0.2) is 0 Å².